The first-order valence-electron chi connectivity index (χ1n) is 10.1. The summed E-state index contributed by atoms with van der Waals surface area (Å²) in [6.07, 6.45) is 2.28. The molecule has 0 aliphatic rings. The van der Waals surface area contributed by atoms with Gasteiger partial charge in [-0.1, -0.05) is 34.5 Å². The van der Waals surface area contributed by atoms with E-state index in [-0.39, 0.29) is 5.56 Å². The monoisotopic (exact) mass is 512 g/mol. The first kappa shape index (κ1) is 22.3. The maximum atomic E-state index is 13.1. The molecule has 0 bridgehead atoms. The highest BCUT2D eigenvalue weighted by Crippen LogP contribution is 2.30. The van der Waals surface area contributed by atoms with Crippen molar-refractivity contribution in [2.24, 2.45) is 5.10 Å². The molecule has 6 nitrogen and oxygen atoms in total. The highest BCUT2D eigenvalue weighted by Gasteiger charge is 2.15. The van der Waals surface area contributed by atoms with Gasteiger partial charge in [-0.25, -0.2) is 4.98 Å². The van der Waals surface area contributed by atoms with Gasteiger partial charge in [-0.05, 0) is 56.3 Å². The van der Waals surface area contributed by atoms with Gasteiger partial charge in [0.15, 0.2) is 0 Å². The summed E-state index contributed by atoms with van der Waals surface area (Å²) in [5, 5.41) is 5.66. The van der Waals surface area contributed by atoms with Gasteiger partial charge in [0.1, 0.15) is 11.6 Å². The van der Waals surface area contributed by atoms with E-state index in [1.54, 1.807) is 25.5 Å². The molecule has 0 fully saturated rings. The third-order valence-electron chi connectivity index (χ3n) is 5.36. The van der Waals surface area contributed by atoms with Crippen LogP contribution in [0.2, 0.25) is 5.02 Å². The predicted molar refractivity (Wildman–Crippen MR) is 133 cm³/mol. The fraction of sp³-hybridized carbons (Fsp3) is 0.208. The Morgan fingerprint density at radius 2 is 1.97 bits per heavy atom. The van der Waals surface area contributed by atoms with Gasteiger partial charge in [-0.2, -0.15) is 9.78 Å². The van der Waals surface area contributed by atoms with Crippen molar-refractivity contribution in [1.29, 1.82) is 0 Å². The third kappa shape index (κ3) is 3.98. The molecule has 0 radical (unpaired) electrons. The summed E-state index contributed by atoms with van der Waals surface area (Å²) in [6, 6.07) is 13.0. The van der Waals surface area contributed by atoms with E-state index in [0.717, 1.165) is 27.1 Å². The second-order valence-electron chi connectivity index (χ2n) is 7.38. The van der Waals surface area contributed by atoms with Crippen LogP contribution in [0.15, 0.2) is 56.8 Å². The number of hydrogen-bond acceptors (Lipinski definition) is 4. The quantitative estimate of drug-likeness (QED) is 0.323. The van der Waals surface area contributed by atoms with Gasteiger partial charge in [-0.15, -0.1) is 0 Å². The Hall–Kier alpha value is -2.90. The molecule has 0 N–H and O–H groups in total. The van der Waals surface area contributed by atoms with Crippen molar-refractivity contribution in [3.8, 4) is 11.4 Å². The Balaban J connectivity index is 1.83. The number of aromatic nitrogens is 3. The molecule has 4 rings (SSSR count). The molecule has 164 valence electrons. The average Bonchev–Trinajstić information content (AvgIpc) is 3.06. The van der Waals surface area contributed by atoms with Crippen molar-refractivity contribution in [2.75, 3.05) is 7.11 Å². The Kier molecular flexibility index (Phi) is 6.22. The fourth-order valence-electron chi connectivity index (χ4n) is 3.79. The lowest BCUT2D eigenvalue weighted by atomic mass is 10.2. The highest BCUT2D eigenvalue weighted by molar-refractivity contribution is 9.10. The normalized spacial score (nSPS) is 11.6. The fourth-order valence-corrected chi connectivity index (χ4v) is 4.32. The van der Waals surface area contributed by atoms with Gasteiger partial charge in [0.25, 0.3) is 5.56 Å². The van der Waals surface area contributed by atoms with E-state index in [0.29, 0.717) is 33.9 Å². The average molecular weight is 514 g/mol. The zero-order valence-electron chi connectivity index (χ0n) is 18.2. The van der Waals surface area contributed by atoms with E-state index < -0.39 is 0 Å². The standard InChI is InChI=1S/C24H22BrClN4O2/c1-5-23-28-20-8-6-17(25)11-19(20)24(31)30(23)27-13-16-10-14(2)29(15(16)3)21-12-18(26)7-9-22(21)32-4/h6-13H,5H2,1-4H3. The van der Waals surface area contributed by atoms with Gasteiger partial charge in [0, 0.05) is 32.9 Å². The zero-order valence-corrected chi connectivity index (χ0v) is 20.5. The summed E-state index contributed by atoms with van der Waals surface area (Å²) in [5.41, 5.74) is 4.14. The van der Waals surface area contributed by atoms with Gasteiger partial charge in [0.05, 0.1) is 29.9 Å². The number of hydrogen-bond donors (Lipinski definition) is 0. The van der Waals surface area contributed by atoms with Crippen molar-refractivity contribution >= 4 is 44.6 Å². The molecule has 4 aromatic rings. The first-order chi connectivity index (χ1) is 15.3. The van der Waals surface area contributed by atoms with Crippen molar-refractivity contribution in [3.05, 3.63) is 85.1 Å². The lowest BCUT2D eigenvalue weighted by molar-refractivity contribution is 0.412. The van der Waals surface area contributed by atoms with Gasteiger partial charge < -0.3 is 9.30 Å². The van der Waals surface area contributed by atoms with Crippen molar-refractivity contribution in [1.82, 2.24) is 14.2 Å². The zero-order chi connectivity index (χ0) is 23.0. The maximum Gasteiger partial charge on any atom is 0.282 e. The SMILES string of the molecule is CCc1nc2ccc(Br)cc2c(=O)n1N=Cc1cc(C)n(-c2cc(Cl)ccc2OC)c1C. The lowest BCUT2D eigenvalue weighted by Gasteiger charge is -2.14. The summed E-state index contributed by atoms with van der Waals surface area (Å²) in [4.78, 5) is 17.8. The molecule has 0 aliphatic carbocycles. The summed E-state index contributed by atoms with van der Waals surface area (Å²) >= 11 is 9.67. The molecular formula is C24H22BrClN4O2. The minimum absolute atomic E-state index is 0.199. The number of nitrogens with zero attached hydrogens (tertiary/aromatic N) is 4. The van der Waals surface area contributed by atoms with Crippen LogP contribution >= 0.6 is 27.5 Å². The van der Waals surface area contributed by atoms with E-state index >= 15 is 0 Å². The Bertz CT molecular complexity index is 1420. The molecule has 2 aromatic carbocycles. The van der Waals surface area contributed by atoms with Gasteiger partial charge >= 0.3 is 0 Å². The molecule has 0 unspecified atom stereocenters. The summed E-state index contributed by atoms with van der Waals surface area (Å²) in [7, 11) is 1.63. The van der Waals surface area contributed by atoms with Gasteiger partial charge in [0.2, 0.25) is 0 Å². The number of ether oxygens (including phenoxy) is 1. The van der Waals surface area contributed by atoms with Crippen molar-refractivity contribution in [2.45, 2.75) is 27.2 Å². The number of fused-ring (bicyclic) bond motifs is 1. The van der Waals surface area contributed by atoms with E-state index in [9.17, 15) is 4.79 Å². The Morgan fingerprint density at radius 1 is 1.19 bits per heavy atom. The molecule has 32 heavy (non-hydrogen) atoms. The van der Waals surface area contributed by atoms with Crippen LogP contribution in [0.25, 0.3) is 16.6 Å². The van der Waals surface area contributed by atoms with Gasteiger partial charge in [-0.3, -0.25) is 4.79 Å². The van der Waals surface area contributed by atoms with E-state index in [4.69, 9.17) is 16.3 Å². The first-order valence-corrected chi connectivity index (χ1v) is 11.3. The molecule has 0 amide bonds. The number of aryl methyl sites for hydroxylation is 2. The van der Waals surface area contributed by atoms with Crippen LogP contribution in [-0.4, -0.2) is 27.6 Å². The molecule has 2 aromatic heterocycles. The van der Waals surface area contributed by atoms with Crippen LogP contribution in [0.5, 0.6) is 5.75 Å². The minimum atomic E-state index is -0.199. The highest BCUT2D eigenvalue weighted by atomic mass is 79.9. The molecule has 8 heteroatoms. The topological polar surface area (TPSA) is 61.4 Å². The van der Waals surface area contributed by atoms with Crippen molar-refractivity contribution < 1.29 is 4.74 Å². The Morgan fingerprint density at radius 3 is 2.69 bits per heavy atom. The van der Waals surface area contributed by atoms with E-state index in [2.05, 4.69) is 30.6 Å². The molecule has 0 spiro atoms. The molecule has 0 aliphatic heterocycles. The minimum Gasteiger partial charge on any atom is -0.495 e. The van der Waals surface area contributed by atoms with Crippen LogP contribution in [0, 0.1) is 13.8 Å². The summed E-state index contributed by atoms with van der Waals surface area (Å²) in [6.45, 7) is 5.95. The van der Waals surface area contributed by atoms with E-state index in [1.165, 1.54) is 4.68 Å². The van der Waals surface area contributed by atoms with Crippen molar-refractivity contribution in [3.63, 3.8) is 0 Å². The predicted octanol–water partition coefficient (Wildman–Crippen LogP) is 5.67. The number of benzene rings is 2. The smallest absolute Gasteiger partial charge is 0.282 e. The van der Waals surface area contributed by atoms with Crippen LogP contribution in [0.3, 0.4) is 0 Å². The summed E-state index contributed by atoms with van der Waals surface area (Å²) in [5.74, 6) is 1.32. The maximum absolute atomic E-state index is 13.1. The molecular weight excluding hydrogens is 492 g/mol. The Labute approximate surface area is 199 Å². The van der Waals surface area contributed by atoms with E-state index in [1.807, 2.05) is 51.1 Å². The lowest BCUT2D eigenvalue weighted by Crippen LogP contribution is -2.22. The summed E-state index contributed by atoms with van der Waals surface area (Å²) < 4.78 is 9.79. The second kappa shape index (κ2) is 8.92. The number of methoxy groups -OCH3 is 1. The molecule has 0 saturated heterocycles. The second-order valence-corrected chi connectivity index (χ2v) is 8.73. The molecule has 0 atom stereocenters. The van der Waals surface area contributed by atoms with Crippen LogP contribution in [0.4, 0.5) is 0 Å². The van der Waals surface area contributed by atoms with Crippen LogP contribution in [-0.2, 0) is 6.42 Å². The number of halogens is 2. The largest absolute Gasteiger partial charge is 0.495 e. The van der Waals surface area contributed by atoms with Crippen LogP contribution in [0.1, 0.15) is 29.7 Å². The number of rotatable bonds is 5. The van der Waals surface area contributed by atoms with Crippen LogP contribution < -0.4 is 10.3 Å². The molecule has 2 heterocycles. The third-order valence-corrected chi connectivity index (χ3v) is 6.08. The molecule has 0 saturated carbocycles.